The fourth-order valence-electron chi connectivity index (χ4n) is 3.19. The Kier molecular flexibility index (Phi) is 5.43. The number of hydrogen-bond donors (Lipinski definition) is 1. The lowest BCUT2D eigenvalue weighted by Gasteiger charge is -2.31. The van der Waals surface area contributed by atoms with Crippen molar-refractivity contribution in [1.29, 1.82) is 0 Å². The van der Waals surface area contributed by atoms with Gasteiger partial charge in [-0.25, -0.2) is 0 Å². The minimum Gasteiger partial charge on any atom is -0.480 e. The first-order valence-electron chi connectivity index (χ1n) is 8.40. The second-order valence-corrected chi connectivity index (χ2v) is 6.24. The van der Waals surface area contributed by atoms with Crippen LogP contribution in [0.1, 0.15) is 30.0 Å². The molecule has 2 heterocycles. The van der Waals surface area contributed by atoms with Crippen LogP contribution in [0.5, 0.6) is 0 Å². The summed E-state index contributed by atoms with van der Waals surface area (Å²) >= 11 is 0. The Morgan fingerprint density at radius 3 is 2.92 bits per heavy atom. The van der Waals surface area contributed by atoms with E-state index >= 15 is 0 Å². The van der Waals surface area contributed by atoms with Crippen molar-refractivity contribution in [2.24, 2.45) is 0 Å². The van der Waals surface area contributed by atoms with E-state index in [1.165, 1.54) is 10.2 Å². The highest BCUT2D eigenvalue weighted by molar-refractivity contribution is 5.66. The summed E-state index contributed by atoms with van der Waals surface area (Å²) in [6.07, 6.45) is 8.39. The molecule has 0 saturated carbocycles. The third-order valence-electron chi connectivity index (χ3n) is 4.36. The van der Waals surface area contributed by atoms with Crippen LogP contribution in [-0.4, -0.2) is 45.4 Å². The van der Waals surface area contributed by atoms with Gasteiger partial charge in [-0.15, -0.1) is 0 Å². The van der Waals surface area contributed by atoms with Crippen LogP contribution in [0.25, 0.3) is 6.08 Å². The van der Waals surface area contributed by atoms with Crippen LogP contribution < -0.4 is 0 Å². The lowest BCUT2D eigenvalue weighted by Crippen LogP contribution is -2.34. The monoisotopic (exact) mass is 325 g/mol. The number of hydrogen-bond acceptors (Lipinski definition) is 3. The van der Waals surface area contributed by atoms with E-state index in [4.69, 9.17) is 5.11 Å². The van der Waals surface area contributed by atoms with Gasteiger partial charge in [-0.2, -0.15) is 5.10 Å². The first kappa shape index (κ1) is 16.5. The van der Waals surface area contributed by atoms with Gasteiger partial charge in [0.05, 0.1) is 5.69 Å². The number of nitrogens with zero attached hydrogens (tertiary/aromatic N) is 3. The molecule has 1 aromatic heterocycles. The summed E-state index contributed by atoms with van der Waals surface area (Å²) in [5.41, 5.74) is 2.23. The fourth-order valence-corrected chi connectivity index (χ4v) is 3.19. The number of aliphatic carboxylic acids is 1. The molecule has 5 heteroatoms. The molecule has 0 radical (unpaired) electrons. The second kappa shape index (κ2) is 7.93. The zero-order chi connectivity index (χ0) is 16.8. The number of aromatic nitrogens is 2. The molecule has 0 spiro atoms. The van der Waals surface area contributed by atoms with E-state index in [-0.39, 0.29) is 6.54 Å². The Hall–Kier alpha value is -2.40. The molecule has 1 fully saturated rings. The Bertz CT molecular complexity index is 694. The molecule has 1 aliphatic rings. The van der Waals surface area contributed by atoms with Gasteiger partial charge in [-0.1, -0.05) is 42.5 Å². The molecule has 1 atom stereocenters. The van der Waals surface area contributed by atoms with Crippen molar-refractivity contribution in [3.63, 3.8) is 0 Å². The summed E-state index contributed by atoms with van der Waals surface area (Å²) < 4.78 is 1.51. The highest BCUT2D eigenvalue weighted by Crippen LogP contribution is 2.25. The van der Waals surface area contributed by atoms with Crippen molar-refractivity contribution < 1.29 is 9.90 Å². The molecule has 3 rings (SSSR count). The topological polar surface area (TPSA) is 58.4 Å². The number of piperidine rings is 1. The van der Waals surface area contributed by atoms with E-state index < -0.39 is 5.97 Å². The average Bonchev–Trinajstić information content (AvgIpc) is 3.04. The van der Waals surface area contributed by atoms with E-state index in [1.54, 1.807) is 6.20 Å². The second-order valence-electron chi connectivity index (χ2n) is 6.24. The highest BCUT2D eigenvalue weighted by Gasteiger charge is 2.22. The van der Waals surface area contributed by atoms with Crippen LogP contribution in [0.3, 0.4) is 0 Å². The number of likely N-dealkylation sites (tertiary alicyclic amines) is 1. The molecule has 0 aliphatic carbocycles. The van der Waals surface area contributed by atoms with E-state index in [0.717, 1.165) is 38.2 Å². The van der Waals surface area contributed by atoms with Crippen LogP contribution in [0.15, 0.2) is 48.7 Å². The lowest BCUT2D eigenvalue weighted by molar-refractivity contribution is -0.137. The Morgan fingerprint density at radius 2 is 2.12 bits per heavy atom. The molecule has 0 amide bonds. The predicted molar refractivity (Wildman–Crippen MR) is 93.8 cm³/mol. The summed E-state index contributed by atoms with van der Waals surface area (Å²) in [5, 5.41) is 13.3. The Balaban J connectivity index is 1.55. The van der Waals surface area contributed by atoms with E-state index in [2.05, 4.69) is 34.3 Å². The first-order chi connectivity index (χ1) is 11.7. The maximum absolute atomic E-state index is 10.8. The fraction of sp³-hybridized carbons (Fsp3) is 0.368. The molecule has 1 saturated heterocycles. The molecule has 2 aromatic rings. The van der Waals surface area contributed by atoms with E-state index in [1.807, 2.05) is 24.3 Å². The number of carboxylic acids is 1. The molecule has 5 nitrogen and oxygen atoms in total. The third-order valence-corrected chi connectivity index (χ3v) is 4.36. The molecule has 24 heavy (non-hydrogen) atoms. The molecular weight excluding hydrogens is 302 g/mol. The van der Waals surface area contributed by atoms with Crippen molar-refractivity contribution in [2.45, 2.75) is 25.3 Å². The molecule has 1 aromatic carbocycles. The first-order valence-corrected chi connectivity index (χ1v) is 8.40. The normalized spacial score (nSPS) is 18.9. The average molecular weight is 325 g/mol. The third kappa shape index (κ3) is 4.55. The Labute approximate surface area is 142 Å². The number of carbonyl (C=O) groups is 1. The van der Waals surface area contributed by atoms with Gasteiger partial charge in [-0.05, 0) is 31.0 Å². The van der Waals surface area contributed by atoms with Gasteiger partial charge in [0.1, 0.15) is 6.54 Å². The zero-order valence-electron chi connectivity index (χ0n) is 13.7. The van der Waals surface area contributed by atoms with E-state index in [9.17, 15) is 4.79 Å². The van der Waals surface area contributed by atoms with Crippen molar-refractivity contribution >= 4 is 12.0 Å². The number of carboxylic acid groups (broad SMARTS) is 1. The summed E-state index contributed by atoms with van der Waals surface area (Å²) in [4.78, 5) is 13.2. The van der Waals surface area contributed by atoms with Crippen molar-refractivity contribution in [3.05, 3.63) is 59.9 Å². The SMILES string of the molecule is O=C(O)Cn1ccc([C@@H]2CCCN(C/C=C/c3ccccc3)C2)n1. The van der Waals surface area contributed by atoms with Crippen LogP contribution >= 0.6 is 0 Å². The van der Waals surface area contributed by atoms with Gasteiger partial charge >= 0.3 is 5.97 Å². The van der Waals surface area contributed by atoms with Gasteiger partial charge in [0, 0.05) is 25.2 Å². The molecule has 1 N–H and O–H groups in total. The molecule has 126 valence electrons. The van der Waals surface area contributed by atoms with E-state index in [0.29, 0.717) is 5.92 Å². The molecular formula is C19H23N3O2. The van der Waals surface area contributed by atoms with Gasteiger partial charge in [0.15, 0.2) is 0 Å². The summed E-state index contributed by atoms with van der Waals surface area (Å²) in [7, 11) is 0. The smallest absolute Gasteiger partial charge is 0.325 e. The standard InChI is InChI=1S/C19H23N3O2/c23-19(24)15-22-13-10-18(20-22)17-9-5-12-21(14-17)11-4-8-16-6-2-1-3-7-16/h1-4,6-8,10,13,17H,5,9,11-12,14-15H2,(H,23,24)/b8-4+/t17-/m1/s1. The number of benzene rings is 1. The number of rotatable bonds is 6. The highest BCUT2D eigenvalue weighted by atomic mass is 16.4. The largest absolute Gasteiger partial charge is 0.480 e. The quantitative estimate of drug-likeness (QED) is 0.887. The summed E-state index contributed by atoms with van der Waals surface area (Å²) in [6, 6.07) is 12.3. The summed E-state index contributed by atoms with van der Waals surface area (Å²) in [5.74, 6) is -0.472. The van der Waals surface area contributed by atoms with Gasteiger partial charge < -0.3 is 5.11 Å². The van der Waals surface area contributed by atoms with Gasteiger partial charge in [-0.3, -0.25) is 14.4 Å². The van der Waals surface area contributed by atoms with Crippen LogP contribution in [0.4, 0.5) is 0 Å². The molecule has 0 unspecified atom stereocenters. The predicted octanol–water partition coefficient (Wildman–Crippen LogP) is 2.86. The minimum absolute atomic E-state index is 0.0732. The molecule has 1 aliphatic heterocycles. The zero-order valence-corrected chi connectivity index (χ0v) is 13.7. The summed E-state index contributed by atoms with van der Waals surface area (Å²) in [6.45, 7) is 2.94. The van der Waals surface area contributed by atoms with Crippen molar-refractivity contribution in [3.8, 4) is 0 Å². The lowest BCUT2D eigenvalue weighted by atomic mass is 9.95. The van der Waals surface area contributed by atoms with Gasteiger partial charge in [0.25, 0.3) is 0 Å². The van der Waals surface area contributed by atoms with Crippen LogP contribution in [0, 0.1) is 0 Å². The van der Waals surface area contributed by atoms with Crippen LogP contribution in [0.2, 0.25) is 0 Å². The molecule has 0 bridgehead atoms. The minimum atomic E-state index is -0.860. The van der Waals surface area contributed by atoms with Crippen LogP contribution in [-0.2, 0) is 11.3 Å². The van der Waals surface area contributed by atoms with Gasteiger partial charge in [0.2, 0.25) is 0 Å². The maximum Gasteiger partial charge on any atom is 0.325 e. The maximum atomic E-state index is 10.8. The van der Waals surface area contributed by atoms with Crippen molar-refractivity contribution in [2.75, 3.05) is 19.6 Å². The Morgan fingerprint density at radius 1 is 1.29 bits per heavy atom. The van der Waals surface area contributed by atoms with Crippen molar-refractivity contribution in [1.82, 2.24) is 14.7 Å².